The fourth-order valence-electron chi connectivity index (χ4n) is 3.83. The number of benzene rings is 1. The summed E-state index contributed by atoms with van der Waals surface area (Å²) in [7, 11) is 0. The molecule has 0 bridgehead atoms. The molecule has 1 heteroatoms. The van der Waals surface area contributed by atoms with Crippen LogP contribution in [-0.2, 0) is 25.7 Å². The topological polar surface area (TPSA) is 20.2 Å². The van der Waals surface area contributed by atoms with Crippen molar-refractivity contribution in [3.63, 3.8) is 0 Å². The van der Waals surface area contributed by atoms with E-state index >= 15 is 0 Å². The number of hydrogen-bond donors (Lipinski definition) is 1. The van der Waals surface area contributed by atoms with Crippen LogP contribution in [0.5, 0.6) is 5.75 Å². The summed E-state index contributed by atoms with van der Waals surface area (Å²) >= 11 is 0. The quantitative estimate of drug-likeness (QED) is 0.451. The Bertz CT molecular complexity index is 474. The van der Waals surface area contributed by atoms with Gasteiger partial charge in [0, 0.05) is 0 Å². The van der Waals surface area contributed by atoms with E-state index in [1.165, 1.54) is 72.8 Å². The molecule has 1 N–H and O–H groups in total. The molecule has 0 unspecified atom stereocenters. The average molecular weight is 319 g/mol. The first kappa shape index (κ1) is 20.1. The van der Waals surface area contributed by atoms with Gasteiger partial charge in [-0.15, -0.1) is 0 Å². The molecular formula is C22H38O. The molecule has 132 valence electrons. The maximum absolute atomic E-state index is 10.9. The third kappa shape index (κ3) is 5.26. The van der Waals surface area contributed by atoms with Gasteiger partial charge in [0.1, 0.15) is 5.75 Å². The minimum absolute atomic E-state index is 0.622. The van der Waals surface area contributed by atoms with Crippen LogP contribution in [0.1, 0.15) is 100 Å². The highest BCUT2D eigenvalue weighted by atomic mass is 16.3. The van der Waals surface area contributed by atoms with E-state index in [0.717, 1.165) is 25.7 Å². The van der Waals surface area contributed by atoms with Crippen LogP contribution in [0.3, 0.4) is 0 Å². The Morgan fingerprint density at radius 1 is 0.609 bits per heavy atom. The van der Waals surface area contributed by atoms with Gasteiger partial charge >= 0.3 is 0 Å². The first-order valence-corrected chi connectivity index (χ1v) is 9.97. The fraction of sp³-hybridized carbons (Fsp3) is 0.727. The largest absolute Gasteiger partial charge is 0.507 e. The lowest BCUT2D eigenvalue weighted by Crippen LogP contribution is -2.07. The van der Waals surface area contributed by atoms with Crippen molar-refractivity contribution in [1.82, 2.24) is 0 Å². The molecule has 1 aromatic carbocycles. The molecule has 0 spiro atoms. The fourth-order valence-corrected chi connectivity index (χ4v) is 3.83. The Balaban J connectivity index is 3.10. The Labute approximate surface area is 144 Å². The van der Waals surface area contributed by atoms with Crippen molar-refractivity contribution < 1.29 is 5.11 Å². The smallest absolute Gasteiger partial charge is 0.122 e. The molecule has 0 amide bonds. The van der Waals surface area contributed by atoms with Gasteiger partial charge in [0.05, 0.1) is 0 Å². The van der Waals surface area contributed by atoms with Gasteiger partial charge < -0.3 is 5.11 Å². The molecule has 0 aromatic heterocycles. The van der Waals surface area contributed by atoms with Crippen LogP contribution < -0.4 is 0 Å². The normalized spacial score (nSPS) is 11.2. The van der Waals surface area contributed by atoms with E-state index in [4.69, 9.17) is 0 Å². The van der Waals surface area contributed by atoms with Crippen LogP contribution in [-0.4, -0.2) is 5.11 Å². The van der Waals surface area contributed by atoms with Crippen LogP contribution in [0, 0.1) is 6.92 Å². The highest BCUT2D eigenvalue weighted by Gasteiger charge is 2.19. The average Bonchev–Trinajstić information content (AvgIpc) is 2.56. The van der Waals surface area contributed by atoms with Gasteiger partial charge in [-0.2, -0.15) is 0 Å². The second-order valence-corrected chi connectivity index (χ2v) is 6.86. The number of hydrogen-bond acceptors (Lipinski definition) is 1. The van der Waals surface area contributed by atoms with E-state index in [2.05, 4.69) is 34.6 Å². The van der Waals surface area contributed by atoms with Crippen LogP contribution in [0.15, 0.2) is 0 Å². The summed E-state index contributed by atoms with van der Waals surface area (Å²) in [5, 5.41) is 10.9. The summed E-state index contributed by atoms with van der Waals surface area (Å²) < 4.78 is 0. The maximum atomic E-state index is 10.9. The molecule has 0 atom stereocenters. The van der Waals surface area contributed by atoms with E-state index in [1.54, 1.807) is 0 Å². The Hall–Kier alpha value is -0.980. The minimum atomic E-state index is 0.622. The monoisotopic (exact) mass is 318 g/mol. The number of unbranched alkanes of at least 4 members (excludes halogenated alkanes) is 5. The Morgan fingerprint density at radius 3 is 1.74 bits per heavy atom. The summed E-state index contributed by atoms with van der Waals surface area (Å²) in [4.78, 5) is 0. The van der Waals surface area contributed by atoms with Gasteiger partial charge in [-0.05, 0) is 73.3 Å². The van der Waals surface area contributed by atoms with Gasteiger partial charge in [0.15, 0.2) is 0 Å². The molecule has 1 aromatic rings. The third-order valence-electron chi connectivity index (χ3n) is 5.22. The Morgan fingerprint density at radius 2 is 1.17 bits per heavy atom. The zero-order chi connectivity index (χ0) is 17.2. The number of phenols is 1. The highest BCUT2D eigenvalue weighted by Crippen LogP contribution is 2.36. The van der Waals surface area contributed by atoms with Crippen LogP contribution in [0.25, 0.3) is 0 Å². The highest BCUT2D eigenvalue weighted by molar-refractivity contribution is 5.55. The first-order chi connectivity index (χ1) is 11.1. The van der Waals surface area contributed by atoms with E-state index < -0.39 is 0 Å². The lowest BCUT2D eigenvalue weighted by Gasteiger charge is -2.22. The lowest BCUT2D eigenvalue weighted by atomic mass is 9.85. The van der Waals surface area contributed by atoms with Crippen LogP contribution in [0.4, 0.5) is 0 Å². The molecule has 0 aliphatic carbocycles. The zero-order valence-electron chi connectivity index (χ0n) is 16.2. The molecule has 0 saturated heterocycles. The second kappa shape index (κ2) is 10.7. The molecule has 0 saturated carbocycles. The summed E-state index contributed by atoms with van der Waals surface area (Å²) in [6.07, 6.45) is 13.0. The van der Waals surface area contributed by atoms with Gasteiger partial charge in [0.2, 0.25) is 0 Å². The van der Waals surface area contributed by atoms with Crippen molar-refractivity contribution in [2.45, 2.75) is 105 Å². The van der Waals surface area contributed by atoms with Gasteiger partial charge in [-0.25, -0.2) is 0 Å². The van der Waals surface area contributed by atoms with E-state index in [1.807, 2.05) is 0 Å². The van der Waals surface area contributed by atoms with Gasteiger partial charge in [-0.1, -0.05) is 59.8 Å². The van der Waals surface area contributed by atoms with Crippen molar-refractivity contribution in [2.24, 2.45) is 0 Å². The van der Waals surface area contributed by atoms with Crippen molar-refractivity contribution >= 4 is 0 Å². The number of aromatic hydroxyl groups is 1. The Kier molecular flexibility index (Phi) is 9.36. The van der Waals surface area contributed by atoms with Gasteiger partial charge in [-0.3, -0.25) is 0 Å². The minimum Gasteiger partial charge on any atom is -0.507 e. The van der Waals surface area contributed by atoms with Crippen molar-refractivity contribution in [2.75, 3.05) is 0 Å². The standard InChI is InChI=1S/C22H38O/c1-6-10-12-13-14-16-21-20(15-11-7-2)17(5)18(8-3)19(9-4)22(21)23/h23H,6-16H2,1-5H3. The van der Waals surface area contributed by atoms with Crippen molar-refractivity contribution in [3.05, 3.63) is 27.8 Å². The summed E-state index contributed by atoms with van der Waals surface area (Å²) in [5.74, 6) is 0.622. The predicted octanol–water partition coefficient (Wildman–Crippen LogP) is 6.68. The SMILES string of the molecule is CCCCCCCc1c(O)c(CC)c(CC)c(C)c1CCCC. The van der Waals surface area contributed by atoms with Crippen LogP contribution >= 0.6 is 0 Å². The predicted molar refractivity (Wildman–Crippen MR) is 103 cm³/mol. The molecular weight excluding hydrogens is 280 g/mol. The second-order valence-electron chi connectivity index (χ2n) is 6.86. The van der Waals surface area contributed by atoms with E-state index in [9.17, 15) is 5.11 Å². The molecule has 0 radical (unpaired) electrons. The number of rotatable bonds is 11. The van der Waals surface area contributed by atoms with E-state index in [0.29, 0.717) is 5.75 Å². The molecule has 1 rings (SSSR count). The molecule has 0 aliphatic heterocycles. The lowest BCUT2D eigenvalue weighted by molar-refractivity contribution is 0.456. The summed E-state index contributed by atoms with van der Waals surface area (Å²) in [6, 6.07) is 0. The molecule has 0 heterocycles. The molecule has 1 nitrogen and oxygen atoms in total. The van der Waals surface area contributed by atoms with Gasteiger partial charge in [0.25, 0.3) is 0 Å². The molecule has 23 heavy (non-hydrogen) atoms. The molecule has 0 fully saturated rings. The first-order valence-electron chi connectivity index (χ1n) is 9.97. The molecule has 0 aliphatic rings. The zero-order valence-corrected chi connectivity index (χ0v) is 16.2. The van der Waals surface area contributed by atoms with Crippen LogP contribution in [0.2, 0.25) is 0 Å². The van der Waals surface area contributed by atoms with Crippen molar-refractivity contribution in [3.8, 4) is 5.75 Å². The van der Waals surface area contributed by atoms with Crippen molar-refractivity contribution in [1.29, 1.82) is 0 Å². The summed E-state index contributed by atoms with van der Waals surface area (Å²) in [6.45, 7) is 11.2. The van der Waals surface area contributed by atoms with E-state index in [-0.39, 0.29) is 0 Å². The number of phenolic OH excluding ortho intramolecular Hbond substituents is 1. The maximum Gasteiger partial charge on any atom is 0.122 e. The third-order valence-corrected chi connectivity index (χ3v) is 5.22. The summed E-state index contributed by atoms with van der Waals surface area (Å²) in [5.41, 5.74) is 6.77.